The molecule has 0 saturated carbocycles. The van der Waals surface area contributed by atoms with Gasteiger partial charge in [0.15, 0.2) is 0 Å². The SMILES string of the molecule is Cc1ccc(CN(C(=O)CN(c2ccccc2Br)S(C)(=O)=O)[C@H](C)C(=O)NC(C)C)cc1. The molecule has 0 aliphatic heterocycles. The molecule has 2 rings (SSSR count). The fraction of sp³-hybridized carbons (Fsp3) is 0.391. The Kier molecular flexibility index (Phi) is 8.86. The molecule has 0 saturated heterocycles. The van der Waals surface area contributed by atoms with Crippen LogP contribution in [0.25, 0.3) is 0 Å². The Morgan fingerprint density at radius 1 is 1.03 bits per heavy atom. The summed E-state index contributed by atoms with van der Waals surface area (Å²) in [6, 6.07) is 13.6. The number of aryl methyl sites for hydroxylation is 1. The molecule has 0 aliphatic rings. The first kappa shape index (κ1) is 25.9. The molecule has 1 N–H and O–H groups in total. The van der Waals surface area contributed by atoms with Gasteiger partial charge in [-0.05, 0) is 61.3 Å². The number of halogens is 1. The summed E-state index contributed by atoms with van der Waals surface area (Å²) in [5.74, 6) is -0.773. The molecule has 0 heterocycles. The number of nitrogens with one attached hydrogen (secondary N) is 1. The summed E-state index contributed by atoms with van der Waals surface area (Å²) in [4.78, 5) is 27.5. The number of para-hydroxylation sites is 1. The minimum atomic E-state index is -3.76. The standard InChI is InChI=1S/C23H30BrN3O4S/c1-16(2)25-23(29)18(4)26(14-19-12-10-17(3)11-13-19)22(28)15-27(32(5,30)31)21-9-7-6-8-20(21)24/h6-13,16,18H,14-15H2,1-5H3,(H,25,29)/t18-/m1/s1. The molecule has 0 unspecified atom stereocenters. The Bertz CT molecular complexity index is 1060. The molecule has 0 radical (unpaired) electrons. The zero-order valence-electron chi connectivity index (χ0n) is 19.0. The number of hydrogen-bond donors (Lipinski definition) is 1. The van der Waals surface area contributed by atoms with Gasteiger partial charge in [-0.15, -0.1) is 0 Å². The highest BCUT2D eigenvalue weighted by atomic mass is 79.9. The van der Waals surface area contributed by atoms with Crippen LogP contribution < -0.4 is 9.62 Å². The van der Waals surface area contributed by atoms with E-state index in [0.29, 0.717) is 10.2 Å². The Morgan fingerprint density at radius 2 is 1.62 bits per heavy atom. The van der Waals surface area contributed by atoms with E-state index in [1.807, 2.05) is 45.0 Å². The van der Waals surface area contributed by atoms with Crippen LogP contribution in [0, 0.1) is 6.92 Å². The fourth-order valence-electron chi connectivity index (χ4n) is 3.13. The van der Waals surface area contributed by atoms with Gasteiger partial charge < -0.3 is 10.2 Å². The maximum absolute atomic E-state index is 13.4. The van der Waals surface area contributed by atoms with Crippen LogP contribution >= 0.6 is 15.9 Å². The normalized spacial score (nSPS) is 12.3. The molecule has 2 aromatic carbocycles. The van der Waals surface area contributed by atoms with Gasteiger partial charge in [0.25, 0.3) is 0 Å². The highest BCUT2D eigenvalue weighted by Gasteiger charge is 2.30. The third-order valence-corrected chi connectivity index (χ3v) is 6.67. The summed E-state index contributed by atoms with van der Waals surface area (Å²) in [6.45, 7) is 7.05. The molecule has 2 aromatic rings. The van der Waals surface area contributed by atoms with Crippen molar-refractivity contribution in [2.24, 2.45) is 0 Å². The van der Waals surface area contributed by atoms with Crippen molar-refractivity contribution in [1.29, 1.82) is 0 Å². The van der Waals surface area contributed by atoms with E-state index < -0.39 is 28.5 Å². The Labute approximate surface area is 199 Å². The van der Waals surface area contributed by atoms with Gasteiger partial charge in [0.05, 0.1) is 11.9 Å². The minimum Gasteiger partial charge on any atom is -0.352 e. The van der Waals surface area contributed by atoms with Crippen molar-refractivity contribution < 1.29 is 18.0 Å². The fourth-order valence-corrected chi connectivity index (χ4v) is 4.60. The number of hydrogen-bond acceptors (Lipinski definition) is 4. The average Bonchev–Trinajstić information content (AvgIpc) is 2.70. The molecule has 2 amide bonds. The van der Waals surface area contributed by atoms with E-state index in [1.54, 1.807) is 31.2 Å². The first-order chi connectivity index (χ1) is 14.9. The monoisotopic (exact) mass is 523 g/mol. The smallest absolute Gasteiger partial charge is 0.244 e. The zero-order valence-corrected chi connectivity index (χ0v) is 21.4. The van der Waals surface area contributed by atoms with Crippen molar-refractivity contribution in [1.82, 2.24) is 10.2 Å². The van der Waals surface area contributed by atoms with E-state index in [4.69, 9.17) is 0 Å². The molecular formula is C23H30BrN3O4S. The van der Waals surface area contributed by atoms with Crippen molar-refractivity contribution >= 4 is 43.5 Å². The molecular weight excluding hydrogens is 494 g/mol. The maximum Gasteiger partial charge on any atom is 0.244 e. The Hall–Kier alpha value is -2.39. The second-order valence-corrected chi connectivity index (χ2v) is 10.8. The Morgan fingerprint density at radius 3 is 2.16 bits per heavy atom. The predicted octanol–water partition coefficient (Wildman–Crippen LogP) is 3.47. The van der Waals surface area contributed by atoms with Gasteiger partial charge in [0.2, 0.25) is 21.8 Å². The van der Waals surface area contributed by atoms with Gasteiger partial charge in [0, 0.05) is 17.1 Å². The van der Waals surface area contributed by atoms with Crippen LogP contribution in [0.1, 0.15) is 31.9 Å². The summed E-state index contributed by atoms with van der Waals surface area (Å²) in [5, 5.41) is 2.82. The average molecular weight is 524 g/mol. The number of anilines is 1. The largest absolute Gasteiger partial charge is 0.352 e. The van der Waals surface area contributed by atoms with Crippen molar-refractivity contribution in [2.75, 3.05) is 17.1 Å². The number of rotatable bonds is 9. The lowest BCUT2D eigenvalue weighted by Crippen LogP contribution is -2.52. The second kappa shape index (κ2) is 11.0. The lowest BCUT2D eigenvalue weighted by molar-refractivity contribution is -0.139. The number of carbonyl (C=O) groups excluding carboxylic acids is 2. The minimum absolute atomic E-state index is 0.0888. The molecule has 0 bridgehead atoms. The van der Waals surface area contributed by atoms with Crippen molar-refractivity contribution in [2.45, 2.75) is 46.3 Å². The molecule has 174 valence electrons. The van der Waals surface area contributed by atoms with Gasteiger partial charge in [-0.3, -0.25) is 13.9 Å². The molecule has 0 aromatic heterocycles. The summed E-state index contributed by atoms with van der Waals surface area (Å²) >= 11 is 3.36. The van der Waals surface area contributed by atoms with Gasteiger partial charge in [0.1, 0.15) is 12.6 Å². The van der Waals surface area contributed by atoms with Crippen LogP contribution in [0.3, 0.4) is 0 Å². The number of benzene rings is 2. The maximum atomic E-state index is 13.4. The van der Waals surface area contributed by atoms with Gasteiger partial charge >= 0.3 is 0 Å². The molecule has 0 spiro atoms. The number of amides is 2. The number of carbonyl (C=O) groups is 2. The first-order valence-corrected chi connectivity index (χ1v) is 12.9. The lowest BCUT2D eigenvalue weighted by Gasteiger charge is -2.32. The van der Waals surface area contributed by atoms with E-state index in [9.17, 15) is 18.0 Å². The predicted molar refractivity (Wildman–Crippen MR) is 131 cm³/mol. The first-order valence-electron chi connectivity index (χ1n) is 10.3. The molecule has 32 heavy (non-hydrogen) atoms. The van der Waals surface area contributed by atoms with Crippen LogP contribution in [0.2, 0.25) is 0 Å². The van der Waals surface area contributed by atoms with Crippen LogP contribution in [-0.4, -0.2) is 50.0 Å². The van der Waals surface area contributed by atoms with Crippen LogP contribution in [0.4, 0.5) is 5.69 Å². The number of sulfonamides is 1. The summed E-state index contributed by atoms with van der Waals surface area (Å²) in [5.41, 5.74) is 2.28. The van der Waals surface area contributed by atoms with Gasteiger partial charge in [-0.1, -0.05) is 42.0 Å². The van der Waals surface area contributed by atoms with E-state index in [-0.39, 0.29) is 18.5 Å². The third kappa shape index (κ3) is 7.06. The van der Waals surface area contributed by atoms with Gasteiger partial charge in [-0.2, -0.15) is 0 Å². The van der Waals surface area contributed by atoms with Crippen LogP contribution in [-0.2, 0) is 26.2 Å². The zero-order chi connectivity index (χ0) is 24.1. The summed E-state index contributed by atoms with van der Waals surface area (Å²) in [6.07, 6.45) is 1.05. The Balaban J connectivity index is 2.39. The third-order valence-electron chi connectivity index (χ3n) is 4.87. The lowest BCUT2D eigenvalue weighted by atomic mass is 10.1. The summed E-state index contributed by atoms with van der Waals surface area (Å²) in [7, 11) is -3.76. The highest BCUT2D eigenvalue weighted by molar-refractivity contribution is 9.10. The molecule has 0 aliphatic carbocycles. The number of nitrogens with zero attached hydrogens (tertiary/aromatic N) is 2. The van der Waals surface area contributed by atoms with Crippen molar-refractivity contribution in [3.8, 4) is 0 Å². The van der Waals surface area contributed by atoms with Crippen molar-refractivity contribution in [3.05, 3.63) is 64.1 Å². The van der Waals surface area contributed by atoms with Gasteiger partial charge in [-0.25, -0.2) is 8.42 Å². The molecule has 1 atom stereocenters. The molecule has 9 heteroatoms. The van der Waals surface area contributed by atoms with Crippen molar-refractivity contribution in [3.63, 3.8) is 0 Å². The molecule has 0 fully saturated rings. The van der Waals surface area contributed by atoms with Crippen LogP contribution in [0.15, 0.2) is 53.0 Å². The molecule has 7 nitrogen and oxygen atoms in total. The topological polar surface area (TPSA) is 86.8 Å². The summed E-state index contributed by atoms with van der Waals surface area (Å²) < 4.78 is 26.7. The van der Waals surface area contributed by atoms with E-state index in [1.165, 1.54) is 4.90 Å². The quantitative estimate of drug-likeness (QED) is 0.545. The van der Waals surface area contributed by atoms with E-state index in [0.717, 1.165) is 21.7 Å². The van der Waals surface area contributed by atoms with E-state index in [2.05, 4.69) is 21.2 Å². The van der Waals surface area contributed by atoms with E-state index >= 15 is 0 Å². The highest BCUT2D eigenvalue weighted by Crippen LogP contribution is 2.28. The van der Waals surface area contributed by atoms with Crippen LogP contribution in [0.5, 0.6) is 0 Å². The second-order valence-electron chi connectivity index (χ2n) is 8.07.